The van der Waals surface area contributed by atoms with E-state index in [4.69, 9.17) is 9.84 Å². The number of rotatable bonds is 4. The van der Waals surface area contributed by atoms with Gasteiger partial charge >= 0.3 is 11.9 Å². The number of carboxylic acids is 1. The summed E-state index contributed by atoms with van der Waals surface area (Å²) in [5, 5.41) is 11.8. The van der Waals surface area contributed by atoms with Gasteiger partial charge in [0.25, 0.3) is 0 Å². The zero-order valence-electron chi connectivity index (χ0n) is 9.65. The molecule has 0 bridgehead atoms. The quantitative estimate of drug-likeness (QED) is 0.712. The van der Waals surface area contributed by atoms with Crippen molar-refractivity contribution in [3.8, 4) is 0 Å². The first-order chi connectivity index (χ1) is 7.44. The molecule has 0 amide bonds. The van der Waals surface area contributed by atoms with Crippen LogP contribution >= 0.6 is 11.8 Å². The molecule has 1 unspecified atom stereocenters. The summed E-state index contributed by atoms with van der Waals surface area (Å²) in [5.74, 6) is -0.953. The monoisotopic (exact) mass is 247 g/mol. The smallest absolute Gasteiger partial charge is 0.337 e. The first-order valence-electron chi connectivity index (χ1n) is 5.25. The van der Waals surface area contributed by atoms with Crippen LogP contribution in [0.1, 0.15) is 20.8 Å². The largest absolute Gasteiger partial charge is 0.480 e. The maximum Gasteiger partial charge on any atom is 0.337 e. The summed E-state index contributed by atoms with van der Waals surface area (Å²) >= 11 is 1.32. The van der Waals surface area contributed by atoms with Gasteiger partial charge in [-0.1, -0.05) is 13.8 Å². The SMILES string of the molecule is CCOC(=O)C1(C(C)C)N[C@H](C(=O)O)CS1. The van der Waals surface area contributed by atoms with Crippen LogP contribution in [0.15, 0.2) is 0 Å². The highest BCUT2D eigenvalue weighted by Gasteiger charge is 2.51. The van der Waals surface area contributed by atoms with Crippen LogP contribution in [0.25, 0.3) is 0 Å². The minimum absolute atomic E-state index is 0.0269. The van der Waals surface area contributed by atoms with Gasteiger partial charge < -0.3 is 9.84 Å². The standard InChI is InChI=1S/C10H17NO4S/c1-4-15-9(14)10(6(2)3)11-7(5-16-10)8(12)13/h6-7,11H,4-5H2,1-3H3,(H,12,13)/t7-,10?/m0/s1. The fraction of sp³-hybridized carbons (Fsp3) is 0.800. The molecule has 0 radical (unpaired) electrons. The van der Waals surface area contributed by atoms with Gasteiger partial charge in [-0.25, -0.2) is 4.79 Å². The van der Waals surface area contributed by atoms with Crippen molar-refractivity contribution >= 4 is 23.7 Å². The molecule has 0 aliphatic carbocycles. The minimum atomic E-state index is -0.931. The lowest BCUT2D eigenvalue weighted by atomic mass is 10.0. The van der Waals surface area contributed by atoms with E-state index in [2.05, 4.69) is 5.32 Å². The Morgan fingerprint density at radius 3 is 2.62 bits per heavy atom. The Balaban J connectivity index is 2.84. The Labute approximate surface area is 98.9 Å². The van der Waals surface area contributed by atoms with E-state index >= 15 is 0 Å². The molecule has 1 heterocycles. The summed E-state index contributed by atoms with van der Waals surface area (Å²) in [5.41, 5.74) is 0. The third kappa shape index (κ3) is 2.32. The second-order valence-electron chi connectivity index (χ2n) is 3.96. The Morgan fingerprint density at radius 2 is 2.25 bits per heavy atom. The van der Waals surface area contributed by atoms with Gasteiger partial charge in [0, 0.05) is 5.75 Å². The third-order valence-electron chi connectivity index (χ3n) is 2.56. The number of aliphatic carboxylic acids is 1. The van der Waals surface area contributed by atoms with E-state index in [9.17, 15) is 9.59 Å². The summed E-state index contributed by atoms with van der Waals surface area (Å²) in [6.45, 7) is 5.79. The number of nitrogens with one attached hydrogen (secondary N) is 1. The van der Waals surface area contributed by atoms with Crippen molar-refractivity contribution in [1.29, 1.82) is 0 Å². The van der Waals surface area contributed by atoms with Crippen LogP contribution in [0, 0.1) is 5.92 Å². The summed E-state index contributed by atoms with van der Waals surface area (Å²) < 4.78 is 5.00. The lowest BCUT2D eigenvalue weighted by Gasteiger charge is -2.30. The molecular weight excluding hydrogens is 230 g/mol. The van der Waals surface area contributed by atoms with Gasteiger partial charge in [0.1, 0.15) is 6.04 Å². The molecule has 1 aliphatic heterocycles. The molecule has 0 saturated carbocycles. The Bertz CT molecular complexity index is 295. The number of thioether (sulfide) groups is 1. The second kappa shape index (κ2) is 5.05. The average molecular weight is 247 g/mol. The van der Waals surface area contributed by atoms with Gasteiger partial charge in [-0.05, 0) is 12.8 Å². The fourth-order valence-electron chi connectivity index (χ4n) is 1.62. The van der Waals surface area contributed by atoms with Crippen molar-refractivity contribution in [2.75, 3.05) is 12.4 Å². The molecule has 5 nitrogen and oxygen atoms in total. The molecule has 1 fully saturated rings. The molecule has 1 saturated heterocycles. The van der Waals surface area contributed by atoms with Gasteiger partial charge in [0.15, 0.2) is 4.87 Å². The van der Waals surface area contributed by atoms with E-state index in [-0.39, 0.29) is 11.9 Å². The van der Waals surface area contributed by atoms with Crippen LogP contribution in [0.4, 0.5) is 0 Å². The highest BCUT2D eigenvalue weighted by atomic mass is 32.2. The van der Waals surface area contributed by atoms with E-state index in [1.54, 1.807) is 6.92 Å². The predicted molar refractivity (Wildman–Crippen MR) is 61.2 cm³/mol. The van der Waals surface area contributed by atoms with E-state index < -0.39 is 16.9 Å². The minimum Gasteiger partial charge on any atom is -0.480 e. The third-order valence-corrected chi connectivity index (χ3v) is 4.27. The Morgan fingerprint density at radius 1 is 1.62 bits per heavy atom. The van der Waals surface area contributed by atoms with Gasteiger partial charge in [-0.2, -0.15) is 0 Å². The van der Waals surface area contributed by atoms with Crippen molar-refractivity contribution in [2.24, 2.45) is 5.92 Å². The summed E-state index contributed by atoms with van der Waals surface area (Å²) in [6.07, 6.45) is 0. The number of esters is 1. The van der Waals surface area contributed by atoms with Gasteiger partial charge in [-0.15, -0.1) is 11.8 Å². The number of ether oxygens (including phenoxy) is 1. The molecule has 0 aromatic carbocycles. The van der Waals surface area contributed by atoms with Crippen LogP contribution in [0.5, 0.6) is 0 Å². The fourth-order valence-corrected chi connectivity index (χ4v) is 3.01. The van der Waals surface area contributed by atoms with E-state index in [0.717, 1.165) is 0 Å². The number of carboxylic acid groups (broad SMARTS) is 1. The van der Waals surface area contributed by atoms with Crippen LogP contribution in [0.3, 0.4) is 0 Å². The van der Waals surface area contributed by atoms with Crippen LogP contribution in [-0.4, -0.2) is 40.3 Å². The second-order valence-corrected chi connectivity index (χ2v) is 5.22. The summed E-state index contributed by atoms with van der Waals surface area (Å²) in [6, 6.07) is -0.684. The van der Waals surface area contributed by atoms with E-state index in [1.165, 1.54) is 11.8 Å². The molecule has 6 heteroatoms. The number of carbonyl (C=O) groups excluding carboxylic acids is 1. The maximum atomic E-state index is 11.9. The van der Waals surface area contributed by atoms with Crippen LogP contribution in [-0.2, 0) is 14.3 Å². The zero-order valence-corrected chi connectivity index (χ0v) is 10.5. The van der Waals surface area contributed by atoms with Crippen molar-refractivity contribution in [3.63, 3.8) is 0 Å². The lowest BCUT2D eigenvalue weighted by Crippen LogP contribution is -2.54. The van der Waals surface area contributed by atoms with Crippen molar-refractivity contribution in [2.45, 2.75) is 31.7 Å². The highest BCUT2D eigenvalue weighted by Crippen LogP contribution is 2.38. The van der Waals surface area contributed by atoms with Crippen molar-refractivity contribution in [3.05, 3.63) is 0 Å². The predicted octanol–water partition coefficient (Wildman–Crippen LogP) is 0.691. The number of hydrogen-bond acceptors (Lipinski definition) is 5. The number of hydrogen-bond donors (Lipinski definition) is 2. The van der Waals surface area contributed by atoms with Gasteiger partial charge in [0.05, 0.1) is 6.61 Å². The first kappa shape index (κ1) is 13.3. The molecule has 92 valence electrons. The lowest BCUT2D eigenvalue weighted by molar-refractivity contribution is -0.149. The highest BCUT2D eigenvalue weighted by molar-refractivity contribution is 8.01. The van der Waals surface area contributed by atoms with Gasteiger partial charge in [0.2, 0.25) is 0 Å². The van der Waals surface area contributed by atoms with E-state index in [1.807, 2.05) is 13.8 Å². The molecule has 0 aromatic rings. The van der Waals surface area contributed by atoms with Crippen LogP contribution in [0.2, 0.25) is 0 Å². The first-order valence-corrected chi connectivity index (χ1v) is 6.24. The molecule has 16 heavy (non-hydrogen) atoms. The molecule has 0 aromatic heterocycles. The molecule has 1 rings (SSSR count). The summed E-state index contributed by atoms with van der Waals surface area (Å²) in [4.78, 5) is 21.8. The summed E-state index contributed by atoms with van der Waals surface area (Å²) in [7, 11) is 0. The molecule has 2 N–H and O–H groups in total. The van der Waals surface area contributed by atoms with E-state index in [0.29, 0.717) is 12.4 Å². The molecule has 2 atom stereocenters. The average Bonchev–Trinajstić information content (AvgIpc) is 2.63. The topological polar surface area (TPSA) is 75.6 Å². The Hall–Kier alpha value is -0.750. The molecular formula is C10H17NO4S. The number of carbonyl (C=O) groups is 2. The van der Waals surface area contributed by atoms with Crippen molar-refractivity contribution < 1.29 is 19.4 Å². The maximum absolute atomic E-state index is 11.9. The zero-order chi connectivity index (χ0) is 12.3. The molecule has 1 aliphatic rings. The van der Waals surface area contributed by atoms with Crippen LogP contribution < -0.4 is 5.32 Å². The normalized spacial score (nSPS) is 29.4. The molecule has 0 spiro atoms. The van der Waals surface area contributed by atoms with Crippen molar-refractivity contribution in [1.82, 2.24) is 5.32 Å². The van der Waals surface area contributed by atoms with Gasteiger partial charge in [-0.3, -0.25) is 10.1 Å². The Kier molecular flexibility index (Phi) is 4.21.